The summed E-state index contributed by atoms with van der Waals surface area (Å²) in [4.78, 5) is 1.98. The van der Waals surface area contributed by atoms with Gasteiger partial charge in [-0.2, -0.15) is 0 Å². The van der Waals surface area contributed by atoms with E-state index in [1.807, 2.05) is 6.08 Å². The standard InChI is InChI=1S/C9H14S2/c1-3-5-9(11)7-4-6-8(2)10/h3,7,10-11H,1-2,4-6H2. The first-order valence-corrected chi connectivity index (χ1v) is 4.42. The summed E-state index contributed by atoms with van der Waals surface area (Å²) in [5, 5.41) is 0. The molecule has 2 heteroatoms. The summed E-state index contributed by atoms with van der Waals surface area (Å²) in [5.41, 5.74) is 0. The van der Waals surface area contributed by atoms with Gasteiger partial charge in [-0.05, 0) is 29.1 Å². The SMILES string of the molecule is C=CCC(S)=CCCC(=C)S. The first-order valence-electron chi connectivity index (χ1n) is 3.52. The minimum Gasteiger partial charge on any atom is -0.148 e. The van der Waals surface area contributed by atoms with Crippen molar-refractivity contribution in [2.45, 2.75) is 19.3 Å². The zero-order valence-electron chi connectivity index (χ0n) is 6.58. The molecule has 0 saturated heterocycles. The highest BCUT2D eigenvalue weighted by molar-refractivity contribution is 7.84. The summed E-state index contributed by atoms with van der Waals surface area (Å²) >= 11 is 8.33. The molecule has 0 amide bonds. The van der Waals surface area contributed by atoms with Crippen LogP contribution in [0.25, 0.3) is 0 Å². The molecule has 0 radical (unpaired) electrons. The van der Waals surface area contributed by atoms with Crippen molar-refractivity contribution in [2.24, 2.45) is 0 Å². The van der Waals surface area contributed by atoms with Crippen molar-refractivity contribution in [1.82, 2.24) is 0 Å². The van der Waals surface area contributed by atoms with E-state index >= 15 is 0 Å². The Kier molecular flexibility index (Phi) is 6.57. The second-order valence-electron chi connectivity index (χ2n) is 2.29. The minimum absolute atomic E-state index is 0.849. The van der Waals surface area contributed by atoms with Crippen LogP contribution in [-0.2, 0) is 0 Å². The van der Waals surface area contributed by atoms with E-state index < -0.39 is 0 Å². The highest BCUT2D eigenvalue weighted by Crippen LogP contribution is 2.12. The fraction of sp³-hybridized carbons (Fsp3) is 0.333. The van der Waals surface area contributed by atoms with E-state index in [0.717, 1.165) is 29.1 Å². The molecular formula is C9H14S2. The van der Waals surface area contributed by atoms with Crippen LogP contribution in [0.4, 0.5) is 0 Å². The second-order valence-corrected chi connectivity index (χ2v) is 3.50. The van der Waals surface area contributed by atoms with Crippen LogP contribution >= 0.6 is 25.3 Å². The molecule has 0 aromatic rings. The third kappa shape index (κ3) is 7.82. The molecule has 0 saturated carbocycles. The molecule has 0 spiro atoms. The van der Waals surface area contributed by atoms with Crippen LogP contribution < -0.4 is 0 Å². The molecule has 0 aliphatic rings. The number of hydrogen-bond acceptors (Lipinski definition) is 2. The van der Waals surface area contributed by atoms with Crippen LogP contribution in [0.15, 0.2) is 35.1 Å². The molecule has 0 aromatic carbocycles. The quantitative estimate of drug-likeness (QED) is 0.476. The molecule has 0 N–H and O–H groups in total. The van der Waals surface area contributed by atoms with Crippen molar-refractivity contribution in [3.63, 3.8) is 0 Å². The van der Waals surface area contributed by atoms with Crippen LogP contribution in [0.5, 0.6) is 0 Å². The largest absolute Gasteiger partial charge is 0.148 e. The molecule has 0 unspecified atom stereocenters. The molecule has 62 valence electrons. The van der Waals surface area contributed by atoms with Crippen LogP contribution in [0, 0.1) is 0 Å². The summed E-state index contributed by atoms with van der Waals surface area (Å²) < 4.78 is 0. The summed E-state index contributed by atoms with van der Waals surface area (Å²) in [5.74, 6) is 0. The Labute approximate surface area is 79.9 Å². The van der Waals surface area contributed by atoms with Crippen LogP contribution in [0.3, 0.4) is 0 Å². The Hall–Kier alpha value is -0.0800. The van der Waals surface area contributed by atoms with Gasteiger partial charge >= 0.3 is 0 Å². The molecule has 0 heterocycles. The monoisotopic (exact) mass is 186 g/mol. The topological polar surface area (TPSA) is 0 Å². The zero-order chi connectivity index (χ0) is 8.69. The second kappa shape index (κ2) is 6.62. The van der Waals surface area contributed by atoms with Crippen LogP contribution in [-0.4, -0.2) is 0 Å². The fourth-order valence-corrected chi connectivity index (χ4v) is 1.02. The van der Waals surface area contributed by atoms with Crippen molar-refractivity contribution in [2.75, 3.05) is 0 Å². The van der Waals surface area contributed by atoms with Gasteiger partial charge in [0.15, 0.2) is 0 Å². The number of allylic oxidation sites excluding steroid dienone is 4. The van der Waals surface area contributed by atoms with Gasteiger partial charge in [0, 0.05) is 0 Å². The minimum atomic E-state index is 0.849. The van der Waals surface area contributed by atoms with E-state index in [1.165, 1.54) is 0 Å². The molecule has 0 aromatic heterocycles. The normalized spacial score (nSPS) is 11.3. The predicted octanol–water partition coefficient (Wildman–Crippen LogP) is 3.60. The van der Waals surface area contributed by atoms with Gasteiger partial charge in [0.05, 0.1) is 0 Å². The Morgan fingerprint density at radius 1 is 1.36 bits per heavy atom. The molecule has 0 fully saturated rings. The van der Waals surface area contributed by atoms with Gasteiger partial charge in [-0.25, -0.2) is 0 Å². The Morgan fingerprint density at radius 2 is 2.00 bits per heavy atom. The molecule has 0 rings (SSSR count). The van der Waals surface area contributed by atoms with E-state index in [2.05, 4.69) is 44.5 Å². The van der Waals surface area contributed by atoms with Crippen molar-refractivity contribution >= 4 is 25.3 Å². The lowest BCUT2D eigenvalue weighted by molar-refractivity contribution is 1.03. The van der Waals surface area contributed by atoms with Crippen molar-refractivity contribution in [3.8, 4) is 0 Å². The average Bonchev–Trinajstić information content (AvgIpc) is 1.87. The zero-order valence-corrected chi connectivity index (χ0v) is 8.37. The highest BCUT2D eigenvalue weighted by Gasteiger charge is 1.87. The maximum absolute atomic E-state index is 4.25. The number of thiol groups is 2. The van der Waals surface area contributed by atoms with E-state index in [0.29, 0.717) is 0 Å². The van der Waals surface area contributed by atoms with Crippen LogP contribution in [0.1, 0.15) is 19.3 Å². The van der Waals surface area contributed by atoms with E-state index in [4.69, 9.17) is 0 Å². The Bertz CT molecular complexity index is 168. The molecule has 0 aliphatic carbocycles. The van der Waals surface area contributed by atoms with Gasteiger partial charge in [-0.3, -0.25) is 0 Å². The highest BCUT2D eigenvalue weighted by atomic mass is 32.1. The molecule has 0 aliphatic heterocycles. The fourth-order valence-electron chi connectivity index (χ4n) is 0.637. The van der Waals surface area contributed by atoms with Gasteiger partial charge in [-0.1, -0.05) is 18.7 Å². The Balaban J connectivity index is 3.55. The summed E-state index contributed by atoms with van der Waals surface area (Å²) in [6.07, 6.45) is 6.65. The lowest BCUT2D eigenvalue weighted by Crippen LogP contribution is -1.72. The molecular weight excluding hydrogens is 172 g/mol. The molecule has 11 heavy (non-hydrogen) atoms. The van der Waals surface area contributed by atoms with E-state index in [1.54, 1.807) is 0 Å². The summed E-state index contributed by atoms with van der Waals surface area (Å²) in [7, 11) is 0. The molecule has 0 atom stereocenters. The molecule has 0 bridgehead atoms. The molecule has 0 nitrogen and oxygen atoms in total. The van der Waals surface area contributed by atoms with Gasteiger partial charge in [-0.15, -0.1) is 31.8 Å². The summed E-state index contributed by atoms with van der Waals surface area (Å²) in [6, 6.07) is 0. The van der Waals surface area contributed by atoms with Gasteiger partial charge in [0.25, 0.3) is 0 Å². The van der Waals surface area contributed by atoms with Crippen molar-refractivity contribution < 1.29 is 0 Å². The number of rotatable bonds is 5. The van der Waals surface area contributed by atoms with E-state index in [-0.39, 0.29) is 0 Å². The van der Waals surface area contributed by atoms with Gasteiger partial charge in [0.1, 0.15) is 0 Å². The van der Waals surface area contributed by atoms with Crippen LogP contribution in [0.2, 0.25) is 0 Å². The van der Waals surface area contributed by atoms with Crippen molar-refractivity contribution in [1.29, 1.82) is 0 Å². The first kappa shape index (κ1) is 10.9. The van der Waals surface area contributed by atoms with Crippen molar-refractivity contribution in [3.05, 3.63) is 35.1 Å². The third-order valence-corrected chi connectivity index (χ3v) is 1.76. The maximum Gasteiger partial charge on any atom is -0.00457 e. The lowest BCUT2D eigenvalue weighted by Gasteiger charge is -1.95. The van der Waals surface area contributed by atoms with E-state index in [9.17, 15) is 0 Å². The summed E-state index contributed by atoms with van der Waals surface area (Å²) in [6.45, 7) is 7.31. The predicted molar refractivity (Wildman–Crippen MR) is 59.2 cm³/mol. The first-order chi connectivity index (χ1) is 5.16. The Morgan fingerprint density at radius 3 is 2.45 bits per heavy atom. The smallest absolute Gasteiger partial charge is 0.00457 e. The lowest BCUT2D eigenvalue weighted by atomic mass is 10.2. The average molecular weight is 186 g/mol. The maximum atomic E-state index is 4.25. The number of hydrogen-bond donors (Lipinski definition) is 2. The third-order valence-electron chi connectivity index (χ3n) is 1.17. The van der Waals surface area contributed by atoms with Gasteiger partial charge in [0.2, 0.25) is 0 Å². The van der Waals surface area contributed by atoms with Gasteiger partial charge < -0.3 is 0 Å².